The summed E-state index contributed by atoms with van der Waals surface area (Å²) in [5.74, 6) is -0.398. The number of hydrogen-bond donors (Lipinski definition) is 1. The molecule has 0 radical (unpaired) electrons. The lowest BCUT2D eigenvalue weighted by Crippen LogP contribution is -2.45. The second kappa shape index (κ2) is 5.55. The number of rotatable bonds is 3. The highest BCUT2D eigenvalue weighted by Gasteiger charge is 2.32. The quantitative estimate of drug-likeness (QED) is 0.914. The molecule has 0 unspecified atom stereocenters. The van der Waals surface area contributed by atoms with Crippen molar-refractivity contribution in [3.63, 3.8) is 0 Å². The van der Waals surface area contributed by atoms with E-state index in [2.05, 4.69) is 11.8 Å². The molecule has 1 aromatic rings. The van der Waals surface area contributed by atoms with Crippen LogP contribution in [0.3, 0.4) is 0 Å². The van der Waals surface area contributed by atoms with Gasteiger partial charge in [-0.15, -0.1) is 0 Å². The third-order valence-electron chi connectivity index (χ3n) is 3.79. The summed E-state index contributed by atoms with van der Waals surface area (Å²) in [6.45, 7) is 4.85. The van der Waals surface area contributed by atoms with E-state index in [1.165, 1.54) is 6.07 Å². The summed E-state index contributed by atoms with van der Waals surface area (Å²) in [5, 5.41) is 10.6. The first-order valence-corrected chi connectivity index (χ1v) is 6.79. The highest BCUT2D eigenvalue weighted by atomic mass is 35.5. The van der Waals surface area contributed by atoms with E-state index in [1.807, 2.05) is 0 Å². The number of likely N-dealkylation sites (tertiary alicyclic amines) is 1. The number of hydrogen-bond acceptors (Lipinski definition) is 2. The van der Waals surface area contributed by atoms with Crippen LogP contribution in [-0.2, 0) is 6.42 Å². The molecule has 1 N–H and O–H groups in total. The van der Waals surface area contributed by atoms with E-state index >= 15 is 0 Å². The van der Waals surface area contributed by atoms with Gasteiger partial charge in [-0.2, -0.15) is 0 Å². The molecule has 0 atom stereocenters. The lowest BCUT2D eigenvalue weighted by Gasteiger charge is -2.38. The molecule has 1 fully saturated rings. The Balaban J connectivity index is 2.07. The van der Waals surface area contributed by atoms with Crippen molar-refractivity contribution < 1.29 is 9.50 Å². The molecule has 0 aromatic heterocycles. The van der Waals surface area contributed by atoms with Crippen LogP contribution < -0.4 is 0 Å². The fraction of sp³-hybridized carbons (Fsp3) is 0.571. The Morgan fingerprint density at radius 1 is 1.39 bits per heavy atom. The molecular weight excluding hydrogens is 253 g/mol. The van der Waals surface area contributed by atoms with Gasteiger partial charge in [0.15, 0.2) is 0 Å². The average molecular weight is 272 g/mol. The monoisotopic (exact) mass is 271 g/mol. The topological polar surface area (TPSA) is 23.5 Å². The molecule has 1 aromatic carbocycles. The maximum absolute atomic E-state index is 13.8. The summed E-state index contributed by atoms with van der Waals surface area (Å²) in [6, 6.07) is 4.96. The van der Waals surface area contributed by atoms with E-state index < -0.39 is 11.4 Å². The van der Waals surface area contributed by atoms with Crippen molar-refractivity contribution in [1.82, 2.24) is 4.90 Å². The van der Waals surface area contributed by atoms with Crippen molar-refractivity contribution in [2.24, 2.45) is 0 Å². The van der Waals surface area contributed by atoms with E-state index in [4.69, 9.17) is 11.6 Å². The fourth-order valence-corrected chi connectivity index (χ4v) is 2.70. The third kappa shape index (κ3) is 3.02. The fourth-order valence-electron chi connectivity index (χ4n) is 2.50. The molecule has 4 heteroatoms. The highest BCUT2D eigenvalue weighted by Crippen LogP contribution is 2.28. The lowest BCUT2D eigenvalue weighted by molar-refractivity contribution is -0.0199. The van der Waals surface area contributed by atoms with Crippen LogP contribution in [0.4, 0.5) is 4.39 Å². The average Bonchev–Trinajstić information content (AvgIpc) is 2.36. The zero-order valence-electron chi connectivity index (χ0n) is 10.6. The van der Waals surface area contributed by atoms with Gasteiger partial charge >= 0.3 is 0 Å². The zero-order chi connectivity index (χ0) is 13.2. The van der Waals surface area contributed by atoms with Crippen molar-refractivity contribution >= 4 is 11.6 Å². The van der Waals surface area contributed by atoms with Crippen LogP contribution in [0.2, 0.25) is 5.02 Å². The Hall–Kier alpha value is -0.640. The van der Waals surface area contributed by atoms with Gasteiger partial charge in [0, 0.05) is 19.5 Å². The van der Waals surface area contributed by atoms with Crippen LogP contribution in [0.1, 0.15) is 25.3 Å². The maximum Gasteiger partial charge on any atom is 0.145 e. The van der Waals surface area contributed by atoms with Gasteiger partial charge in [-0.3, -0.25) is 0 Å². The first-order valence-electron chi connectivity index (χ1n) is 6.42. The standard InChI is InChI=1S/C14H19ClFNO/c1-2-17-8-6-14(18,7-9-17)10-11-4-3-5-12(15)13(11)16/h3-5,18H,2,6-10H2,1H3. The van der Waals surface area contributed by atoms with Crippen molar-refractivity contribution in [3.8, 4) is 0 Å². The molecule has 1 saturated heterocycles. The molecule has 2 nitrogen and oxygen atoms in total. The van der Waals surface area contributed by atoms with Crippen LogP contribution in [-0.4, -0.2) is 35.2 Å². The van der Waals surface area contributed by atoms with Gasteiger partial charge in [-0.05, 0) is 31.0 Å². The molecule has 1 aliphatic heterocycles. The van der Waals surface area contributed by atoms with Crippen LogP contribution in [0.5, 0.6) is 0 Å². The number of aliphatic hydroxyl groups is 1. The minimum atomic E-state index is -0.794. The molecular formula is C14H19ClFNO. The SMILES string of the molecule is CCN1CCC(O)(Cc2cccc(Cl)c2F)CC1. The number of halogens is 2. The summed E-state index contributed by atoms with van der Waals surface area (Å²) in [4.78, 5) is 2.29. The summed E-state index contributed by atoms with van der Waals surface area (Å²) < 4.78 is 13.8. The van der Waals surface area contributed by atoms with E-state index in [0.29, 0.717) is 24.8 Å². The van der Waals surface area contributed by atoms with Gasteiger partial charge in [0.25, 0.3) is 0 Å². The van der Waals surface area contributed by atoms with Gasteiger partial charge in [0.1, 0.15) is 5.82 Å². The van der Waals surface area contributed by atoms with Gasteiger partial charge in [0.05, 0.1) is 10.6 Å². The van der Waals surface area contributed by atoms with Crippen molar-refractivity contribution in [2.45, 2.75) is 31.8 Å². The minimum Gasteiger partial charge on any atom is -0.389 e. The lowest BCUT2D eigenvalue weighted by atomic mass is 9.85. The molecule has 100 valence electrons. The molecule has 0 spiro atoms. The smallest absolute Gasteiger partial charge is 0.145 e. The summed E-state index contributed by atoms with van der Waals surface area (Å²) >= 11 is 5.76. The molecule has 2 rings (SSSR count). The molecule has 0 amide bonds. The predicted molar refractivity (Wildman–Crippen MR) is 71.4 cm³/mol. The van der Waals surface area contributed by atoms with E-state index in [-0.39, 0.29) is 5.02 Å². The second-order valence-electron chi connectivity index (χ2n) is 5.05. The number of nitrogens with zero attached hydrogens (tertiary/aromatic N) is 1. The van der Waals surface area contributed by atoms with Gasteiger partial charge in [-0.25, -0.2) is 4.39 Å². The Bertz CT molecular complexity index is 416. The summed E-state index contributed by atoms with van der Waals surface area (Å²) in [7, 11) is 0. The maximum atomic E-state index is 13.8. The largest absolute Gasteiger partial charge is 0.389 e. The minimum absolute atomic E-state index is 0.127. The van der Waals surface area contributed by atoms with Crippen molar-refractivity contribution in [3.05, 3.63) is 34.6 Å². The second-order valence-corrected chi connectivity index (χ2v) is 5.46. The molecule has 18 heavy (non-hydrogen) atoms. The van der Waals surface area contributed by atoms with Crippen LogP contribution in [0.15, 0.2) is 18.2 Å². The van der Waals surface area contributed by atoms with Crippen molar-refractivity contribution in [2.75, 3.05) is 19.6 Å². The van der Waals surface area contributed by atoms with Gasteiger partial charge in [0.2, 0.25) is 0 Å². The Labute approximate surface area is 112 Å². The first-order chi connectivity index (χ1) is 8.54. The Morgan fingerprint density at radius 3 is 2.67 bits per heavy atom. The third-order valence-corrected chi connectivity index (χ3v) is 4.08. The summed E-state index contributed by atoms with van der Waals surface area (Å²) in [5.41, 5.74) is -0.285. The molecule has 0 aliphatic carbocycles. The Morgan fingerprint density at radius 2 is 2.06 bits per heavy atom. The highest BCUT2D eigenvalue weighted by molar-refractivity contribution is 6.30. The van der Waals surface area contributed by atoms with E-state index in [9.17, 15) is 9.50 Å². The molecule has 0 bridgehead atoms. The molecule has 1 aliphatic rings. The molecule has 1 heterocycles. The van der Waals surface area contributed by atoms with Gasteiger partial charge < -0.3 is 10.0 Å². The Kier molecular flexibility index (Phi) is 4.25. The molecule has 0 saturated carbocycles. The number of piperidine rings is 1. The van der Waals surface area contributed by atoms with Gasteiger partial charge in [-0.1, -0.05) is 30.7 Å². The predicted octanol–water partition coefficient (Wildman–Crippen LogP) is 2.87. The van der Waals surface area contributed by atoms with Crippen molar-refractivity contribution in [1.29, 1.82) is 0 Å². The number of benzene rings is 1. The van der Waals surface area contributed by atoms with Crippen LogP contribution in [0.25, 0.3) is 0 Å². The van der Waals surface area contributed by atoms with Crippen LogP contribution in [0, 0.1) is 5.82 Å². The normalized spacial score (nSPS) is 20.0. The van der Waals surface area contributed by atoms with Crippen LogP contribution >= 0.6 is 11.6 Å². The van der Waals surface area contributed by atoms with E-state index in [1.54, 1.807) is 12.1 Å². The van der Waals surface area contributed by atoms with E-state index in [0.717, 1.165) is 19.6 Å². The summed E-state index contributed by atoms with van der Waals surface area (Å²) in [6.07, 6.45) is 1.72. The zero-order valence-corrected chi connectivity index (χ0v) is 11.4. The first kappa shape index (κ1) is 13.8.